The number of amides is 1. The van der Waals surface area contributed by atoms with Gasteiger partial charge in [-0.25, -0.2) is 0 Å². The highest BCUT2D eigenvalue weighted by molar-refractivity contribution is 6.32. The van der Waals surface area contributed by atoms with Gasteiger partial charge in [-0.1, -0.05) is 47.2 Å². The van der Waals surface area contributed by atoms with Crippen LogP contribution in [0.2, 0.25) is 10.0 Å². The Morgan fingerprint density at radius 3 is 2.67 bits per heavy atom. The van der Waals surface area contributed by atoms with Crippen molar-refractivity contribution in [1.82, 2.24) is 5.32 Å². The van der Waals surface area contributed by atoms with Crippen molar-refractivity contribution in [3.8, 4) is 23.3 Å². The van der Waals surface area contributed by atoms with Gasteiger partial charge in [-0.15, -0.1) is 0 Å². The lowest BCUT2D eigenvalue weighted by Crippen LogP contribution is -2.24. The lowest BCUT2D eigenvalue weighted by Gasteiger charge is -2.08. The minimum absolute atomic E-state index is 0.181. The molecule has 0 atom stereocenters. The Balaban J connectivity index is 1.83. The first-order valence-corrected chi connectivity index (χ1v) is 7.82. The van der Waals surface area contributed by atoms with Gasteiger partial charge in [-0.2, -0.15) is 0 Å². The van der Waals surface area contributed by atoms with E-state index in [2.05, 4.69) is 17.2 Å². The molecule has 0 fully saturated rings. The van der Waals surface area contributed by atoms with E-state index < -0.39 is 0 Å². The van der Waals surface area contributed by atoms with E-state index in [-0.39, 0.29) is 19.1 Å². The largest absolute Gasteiger partial charge is 0.496 e. The summed E-state index contributed by atoms with van der Waals surface area (Å²) in [6.07, 6.45) is 0. The van der Waals surface area contributed by atoms with Crippen molar-refractivity contribution < 1.29 is 14.3 Å². The van der Waals surface area contributed by atoms with E-state index in [0.717, 1.165) is 0 Å². The molecule has 1 N–H and O–H groups in total. The maximum absolute atomic E-state index is 12.1. The third-order valence-electron chi connectivity index (χ3n) is 3.00. The SMILES string of the molecule is COc1ccc(Cl)cc1C(=O)NCC#CCOc1ccccc1Cl. The molecule has 0 heterocycles. The molecule has 124 valence electrons. The number of carbonyl (C=O) groups is 1. The fourth-order valence-corrected chi connectivity index (χ4v) is 2.23. The van der Waals surface area contributed by atoms with Gasteiger partial charge in [0.2, 0.25) is 0 Å². The molecule has 0 bridgehead atoms. The number of nitrogens with one attached hydrogen (secondary N) is 1. The predicted molar refractivity (Wildman–Crippen MR) is 95.1 cm³/mol. The number of rotatable bonds is 5. The summed E-state index contributed by atoms with van der Waals surface area (Å²) in [5.41, 5.74) is 0.360. The normalized spacial score (nSPS) is 9.62. The summed E-state index contributed by atoms with van der Waals surface area (Å²) in [5.74, 6) is 6.32. The maximum atomic E-state index is 12.1. The van der Waals surface area contributed by atoms with Crippen molar-refractivity contribution in [3.63, 3.8) is 0 Å². The molecule has 1 amide bonds. The Labute approximate surface area is 150 Å². The van der Waals surface area contributed by atoms with Crippen LogP contribution in [0.15, 0.2) is 42.5 Å². The Kier molecular flexibility index (Phi) is 6.80. The van der Waals surface area contributed by atoms with Gasteiger partial charge in [0.05, 0.1) is 24.2 Å². The summed E-state index contributed by atoms with van der Waals surface area (Å²) in [4.78, 5) is 12.1. The van der Waals surface area contributed by atoms with Crippen LogP contribution in [0.3, 0.4) is 0 Å². The molecule has 0 aliphatic heterocycles. The molecule has 2 aromatic carbocycles. The quantitative estimate of drug-likeness (QED) is 0.821. The monoisotopic (exact) mass is 363 g/mol. The van der Waals surface area contributed by atoms with Crippen molar-refractivity contribution in [2.45, 2.75) is 0 Å². The zero-order valence-electron chi connectivity index (χ0n) is 12.9. The molecule has 0 aromatic heterocycles. The van der Waals surface area contributed by atoms with Crippen LogP contribution in [-0.2, 0) is 0 Å². The second kappa shape index (κ2) is 9.07. The minimum Gasteiger partial charge on any atom is -0.496 e. The van der Waals surface area contributed by atoms with Crippen LogP contribution >= 0.6 is 23.2 Å². The Bertz CT molecular complexity index is 781. The predicted octanol–water partition coefficient (Wildman–Crippen LogP) is 3.81. The van der Waals surface area contributed by atoms with E-state index in [9.17, 15) is 4.79 Å². The Morgan fingerprint density at radius 1 is 1.12 bits per heavy atom. The first kappa shape index (κ1) is 18.0. The molecule has 0 spiro atoms. The molecular weight excluding hydrogens is 349 g/mol. The molecule has 4 nitrogen and oxygen atoms in total. The van der Waals surface area contributed by atoms with Crippen molar-refractivity contribution in [2.75, 3.05) is 20.3 Å². The molecular formula is C18H15Cl2NO3. The van der Waals surface area contributed by atoms with Crippen molar-refractivity contribution in [1.29, 1.82) is 0 Å². The number of hydrogen-bond donors (Lipinski definition) is 1. The first-order valence-electron chi connectivity index (χ1n) is 7.06. The Morgan fingerprint density at radius 2 is 1.92 bits per heavy atom. The number of methoxy groups -OCH3 is 1. The van der Waals surface area contributed by atoms with E-state index in [4.69, 9.17) is 32.7 Å². The van der Waals surface area contributed by atoms with Gasteiger partial charge < -0.3 is 14.8 Å². The van der Waals surface area contributed by atoms with Crippen LogP contribution in [0.1, 0.15) is 10.4 Å². The van der Waals surface area contributed by atoms with Crippen molar-refractivity contribution in [2.24, 2.45) is 0 Å². The summed E-state index contributed by atoms with van der Waals surface area (Å²) in [6.45, 7) is 0.362. The van der Waals surface area contributed by atoms with E-state index in [1.54, 1.807) is 30.3 Å². The number of benzene rings is 2. The molecule has 0 unspecified atom stereocenters. The van der Waals surface area contributed by atoms with Gasteiger partial charge in [-0.3, -0.25) is 4.79 Å². The van der Waals surface area contributed by atoms with E-state index in [1.165, 1.54) is 7.11 Å². The molecule has 6 heteroatoms. The van der Waals surface area contributed by atoms with Crippen LogP contribution in [-0.4, -0.2) is 26.2 Å². The molecule has 24 heavy (non-hydrogen) atoms. The summed E-state index contributed by atoms with van der Waals surface area (Å²) >= 11 is 11.9. The van der Waals surface area contributed by atoms with Crippen LogP contribution in [0.5, 0.6) is 11.5 Å². The molecule has 0 aliphatic rings. The zero-order valence-corrected chi connectivity index (χ0v) is 14.4. The molecule has 0 radical (unpaired) electrons. The lowest BCUT2D eigenvalue weighted by molar-refractivity contribution is 0.0955. The first-order chi connectivity index (χ1) is 11.6. The van der Waals surface area contributed by atoms with Crippen LogP contribution < -0.4 is 14.8 Å². The number of carbonyl (C=O) groups excluding carboxylic acids is 1. The summed E-state index contributed by atoms with van der Waals surface area (Å²) < 4.78 is 10.6. The summed E-state index contributed by atoms with van der Waals surface area (Å²) in [6, 6.07) is 12.0. The molecule has 2 aromatic rings. The average Bonchev–Trinajstić information content (AvgIpc) is 2.59. The van der Waals surface area contributed by atoms with Gasteiger partial charge in [0.15, 0.2) is 0 Å². The number of hydrogen-bond acceptors (Lipinski definition) is 3. The number of halogens is 2. The van der Waals surface area contributed by atoms with Gasteiger partial charge >= 0.3 is 0 Å². The molecule has 0 saturated heterocycles. The highest BCUT2D eigenvalue weighted by atomic mass is 35.5. The molecule has 0 saturated carbocycles. The lowest BCUT2D eigenvalue weighted by atomic mass is 10.2. The minimum atomic E-state index is -0.310. The third kappa shape index (κ3) is 5.09. The molecule has 2 rings (SSSR count). The fourth-order valence-electron chi connectivity index (χ4n) is 1.87. The highest BCUT2D eigenvalue weighted by Crippen LogP contribution is 2.23. The second-order valence-electron chi connectivity index (χ2n) is 4.60. The van der Waals surface area contributed by atoms with Crippen molar-refractivity contribution >= 4 is 29.1 Å². The van der Waals surface area contributed by atoms with Gasteiger partial charge in [0.25, 0.3) is 5.91 Å². The van der Waals surface area contributed by atoms with Crippen LogP contribution in [0.25, 0.3) is 0 Å². The van der Waals surface area contributed by atoms with Crippen molar-refractivity contribution in [3.05, 3.63) is 58.1 Å². The Hall–Kier alpha value is -2.35. The highest BCUT2D eigenvalue weighted by Gasteiger charge is 2.11. The third-order valence-corrected chi connectivity index (χ3v) is 3.55. The smallest absolute Gasteiger partial charge is 0.255 e. The fraction of sp³-hybridized carbons (Fsp3) is 0.167. The van der Waals surface area contributed by atoms with Gasteiger partial charge in [0, 0.05) is 5.02 Å². The van der Waals surface area contributed by atoms with Crippen LogP contribution in [0, 0.1) is 11.8 Å². The molecule has 0 aliphatic carbocycles. The number of ether oxygens (including phenoxy) is 2. The topological polar surface area (TPSA) is 47.6 Å². The summed E-state index contributed by atoms with van der Waals surface area (Å²) in [5, 5.41) is 3.67. The maximum Gasteiger partial charge on any atom is 0.255 e. The second-order valence-corrected chi connectivity index (χ2v) is 5.44. The standard InChI is InChI=1S/C18H15Cl2NO3/c1-23-16-9-8-13(19)12-14(16)18(22)21-10-4-5-11-24-17-7-3-2-6-15(17)20/h2-3,6-9,12H,10-11H2,1H3,(H,21,22). The van der Waals surface area contributed by atoms with E-state index in [0.29, 0.717) is 27.1 Å². The zero-order chi connectivity index (χ0) is 17.4. The van der Waals surface area contributed by atoms with Gasteiger partial charge in [-0.05, 0) is 30.3 Å². The van der Waals surface area contributed by atoms with Gasteiger partial charge in [0.1, 0.15) is 18.1 Å². The van der Waals surface area contributed by atoms with E-state index in [1.807, 2.05) is 12.1 Å². The summed E-state index contributed by atoms with van der Waals surface area (Å²) in [7, 11) is 1.49. The van der Waals surface area contributed by atoms with E-state index >= 15 is 0 Å². The van der Waals surface area contributed by atoms with Crippen LogP contribution in [0.4, 0.5) is 0 Å². The average molecular weight is 364 g/mol. The number of para-hydroxylation sites is 1.